The maximum Gasteiger partial charge on any atom is 0.210 e. The number of nitrogens with zero attached hydrogens (tertiary/aromatic N) is 4. The minimum atomic E-state index is -2.04. The van der Waals surface area contributed by atoms with E-state index in [1.165, 1.54) is 12.5 Å². The van der Waals surface area contributed by atoms with Gasteiger partial charge in [-0.3, -0.25) is 0 Å². The average Bonchev–Trinajstić information content (AvgIpc) is 3.30. The second-order valence-corrected chi connectivity index (χ2v) is 8.54. The first-order chi connectivity index (χ1) is 15.9. The number of hydrogen-bond acceptors (Lipinski definition) is 4. The van der Waals surface area contributed by atoms with Gasteiger partial charge in [-0.15, -0.1) is 0 Å². The fourth-order valence-corrected chi connectivity index (χ4v) is 4.03. The molecule has 0 radical (unpaired) electrons. The number of ether oxygens (including phenoxy) is 1. The van der Waals surface area contributed by atoms with Gasteiger partial charge in [-0.25, -0.2) is 9.37 Å². The lowest BCUT2D eigenvalue weighted by molar-refractivity contribution is 0.0763. The zero-order valence-corrected chi connectivity index (χ0v) is 18.6. The molecule has 0 bridgehead atoms. The van der Waals surface area contributed by atoms with Crippen molar-refractivity contribution in [3.63, 3.8) is 0 Å². The molecule has 2 unspecified atom stereocenters. The normalized spacial score (nSPS) is 19.4. The van der Waals surface area contributed by atoms with Crippen molar-refractivity contribution in [2.75, 3.05) is 6.61 Å². The van der Waals surface area contributed by atoms with Crippen LogP contribution in [0.4, 0.5) is 4.39 Å². The lowest BCUT2D eigenvalue weighted by atomic mass is 9.88. The van der Waals surface area contributed by atoms with Crippen LogP contribution in [-0.4, -0.2) is 21.0 Å². The number of nitriles is 2. The summed E-state index contributed by atoms with van der Waals surface area (Å²) in [5, 5.41) is 18.6. The largest absolute Gasteiger partial charge is 0.489 e. The Kier molecular flexibility index (Phi) is 6.05. The molecule has 5 nitrogen and oxygen atoms in total. The molecule has 1 heterocycles. The maximum absolute atomic E-state index is 16.7. The highest BCUT2D eigenvalue weighted by molar-refractivity contribution is 6.28. The number of rotatable bonds is 6. The highest BCUT2D eigenvalue weighted by atomic mass is 35.5. The summed E-state index contributed by atoms with van der Waals surface area (Å²) in [6, 6.07) is 19.9. The van der Waals surface area contributed by atoms with E-state index in [9.17, 15) is 5.26 Å². The third-order valence-electron chi connectivity index (χ3n) is 5.66. The Bertz CT molecular complexity index is 1300. The summed E-state index contributed by atoms with van der Waals surface area (Å²) >= 11 is 6.44. The van der Waals surface area contributed by atoms with Crippen molar-refractivity contribution < 1.29 is 9.13 Å². The summed E-state index contributed by atoms with van der Waals surface area (Å²) in [6.45, 7) is -0.337. The second-order valence-electron chi connectivity index (χ2n) is 7.86. The monoisotopic (exact) mass is 458 g/mol. The Balaban J connectivity index is 1.74. The quantitative estimate of drug-likeness (QED) is 0.464. The molecular weight excluding hydrogens is 439 g/mol. The summed E-state index contributed by atoms with van der Waals surface area (Å²) in [4.78, 5) is 2.88. The van der Waals surface area contributed by atoms with Gasteiger partial charge in [0.2, 0.25) is 5.67 Å². The summed E-state index contributed by atoms with van der Waals surface area (Å²) in [6.07, 6.45) is 6.41. The predicted octanol–water partition coefficient (Wildman–Crippen LogP) is 5.39. The number of alkyl halides is 2. The van der Waals surface area contributed by atoms with E-state index in [4.69, 9.17) is 21.6 Å². The molecule has 0 N–H and O–H groups in total. The molecule has 1 aliphatic carbocycles. The molecule has 2 atom stereocenters. The summed E-state index contributed by atoms with van der Waals surface area (Å²) in [7, 11) is 1.71. The van der Waals surface area contributed by atoms with E-state index in [2.05, 4.69) is 11.1 Å². The minimum Gasteiger partial charge on any atom is -0.489 e. The van der Waals surface area contributed by atoms with Crippen molar-refractivity contribution in [3.8, 4) is 12.1 Å². The van der Waals surface area contributed by atoms with Gasteiger partial charge in [0.25, 0.3) is 0 Å². The molecular formula is C26H20ClFN4O. The van der Waals surface area contributed by atoms with E-state index in [-0.39, 0.29) is 13.0 Å². The first-order valence-corrected chi connectivity index (χ1v) is 10.6. The van der Waals surface area contributed by atoms with Gasteiger partial charge in [-0.05, 0) is 35.4 Å². The zero-order valence-electron chi connectivity index (χ0n) is 17.9. The van der Waals surface area contributed by atoms with Crippen LogP contribution in [0.5, 0.6) is 0 Å². The first kappa shape index (κ1) is 22.3. The van der Waals surface area contributed by atoms with Gasteiger partial charge in [0.15, 0.2) is 4.87 Å². The number of halogens is 2. The van der Waals surface area contributed by atoms with Crippen LogP contribution in [0.2, 0.25) is 0 Å². The predicted molar refractivity (Wildman–Crippen MR) is 124 cm³/mol. The number of hydrogen-bond donors (Lipinski definition) is 0. The average molecular weight is 459 g/mol. The number of aryl methyl sites for hydroxylation is 1. The Hall–Kier alpha value is -3.87. The molecule has 0 spiro atoms. The van der Waals surface area contributed by atoms with Crippen LogP contribution >= 0.6 is 11.6 Å². The SMILES string of the molecule is Cn1cncc1C(F)(COC1=C(c2ccccc2)CC(Cl)(C#N)C=C1)c1ccc(C#N)cc1. The molecule has 33 heavy (non-hydrogen) atoms. The molecule has 3 aromatic rings. The van der Waals surface area contributed by atoms with Gasteiger partial charge in [0, 0.05) is 19.0 Å². The molecule has 0 saturated heterocycles. The van der Waals surface area contributed by atoms with Gasteiger partial charge >= 0.3 is 0 Å². The van der Waals surface area contributed by atoms with Gasteiger partial charge < -0.3 is 9.30 Å². The van der Waals surface area contributed by atoms with Crippen molar-refractivity contribution in [2.24, 2.45) is 7.05 Å². The highest BCUT2D eigenvalue weighted by Gasteiger charge is 2.39. The van der Waals surface area contributed by atoms with Crippen molar-refractivity contribution in [2.45, 2.75) is 17.0 Å². The third-order valence-corrected chi connectivity index (χ3v) is 6.00. The molecule has 2 aromatic carbocycles. The molecule has 0 saturated carbocycles. The molecule has 1 aliphatic rings. The maximum atomic E-state index is 16.7. The molecule has 1 aromatic heterocycles. The fraction of sp³-hybridized carbons (Fsp3) is 0.192. The van der Waals surface area contributed by atoms with E-state index in [0.717, 1.165) is 11.1 Å². The second kappa shape index (κ2) is 8.94. The van der Waals surface area contributed by atoms with E-state index in [1.807, 2.05) is 36.4 Å². The molecule has 0 aliphatic heterocycles. The number of allylic oxidation sites excluding steroid dienone is 3. The van der Waals surface area contributed by atoms with Crippen molar-refractivity contribution in [1.82, 2.24) is 9.55 Å². The minimum absolute atomic E-state index is 0.225. The van der Waals surface area contributed by atoms with Crippen LogP contribution in [0, 0.1) is 22.7 Å². The van der Waals surface area contributed by atoms with E-state index < -0.39 is 10.5 Å². The van der Waals surface area contributed by atoms with E-state index in [1.54, 1.807) is 48.0 Å². The summed E-state index contributed by atoms with van der Waals surface area (Å²) < 4.78 is 24.4. The smallest absolute Gasteiger partial charge is 0.210 e. The summed E-state index contributed by atoms with van der Waals surface area (Å²) in [5.41, 5.74) is 0.633. The molecule has 4 rings (SSSR count). The topological polar surface area (TPSA) is 74.6 Å². The van der Waals surface area contributed by atoms with Gasteiger partial charge in [-0.2, -0.15) is 10.5 Å². The van der Waals surface area contributed by atoms with Crippen LogP contribution in [0.1, 0.15) is 28.8 Å². The number of benzene rings is 2. The van der Waals surface area contributed by atoms with Crippen molar-refractivity contribution in [1.29, 1.82) is 10.5 Å². The number of aromatic nitrogens is 2. The Morgan fingerprint density at radius 2 is 1.91 bits per heavy atom. The van der Waals surface area contributed by atoms with Crippen molar-refractivity contribution >= 4 is 17.2 Å². The highest BCUT2D eigenvalue weighted by Crippen LogP contribution is 2.40. The van der Waals surface area contributed by atoms with Gasteiger partial charge in [-0.1, -0.05) is 54.1 Å². The van der Waals surface area contributed by atoms with Gasteiger partial charge in [0.05, 0.1) is 35.9 Å². The molecule has 0 amide bonds. The first-order valence-electron chi connectivity index (χ1n) is 10.3. The Morgan fingerprint density at radius 3 is 2.52 bits per heavy atom. The molecule has 0 fully saturated rings. The van der Waals surface area contributed by atoms with Crippen LogP contribution in [0.3, 0.4) is 0 Å². The van der Waals surface area contributed by atoms with E-state index >= 15 is 4.39 Å². The molecule has 164 valence electrons. The lowest BCUT2D eigenvalue weighted by Gasteiger charge is -2.29. The van der Waals surface area contributed by atoms with Crippen molar-refractivity contribution in [3.05, 3.63) is 107 Å². The Morgan fingerprint density at radius 1 is 1.18 bits per heavy atom. The van der Waals surface area contributed by atoms with Crippen LogP contribution in [0.25, 0.3) is 5.57 Å². The molecule has 7 heteroatoms. The lowest BCUT2D eigenvalue weighted by Crippen LogP contribution is -2.31. The van der Waals surface area contributed by atoms with Gasteiger partial charge in [0.1, 0.15) is 12.4 Å². The fourth-order valence-electron chi connectivity index (χ4n) is 3.84. The van der Waals surface area contributed by atoms with Crippen LogP contribution < -0.4 is 0 Å². The van der Waals surface area contributed by atoms with Crippen LogP contribution in [-0.2, 0) is 17.5 Å². The zero-order chi connectivity index (χ0) is 23.5. The third kappa shape index (κ3) is 4.39. The van der Waals surface area contributed by atoms with E-state index in [0.29, 0.717) is 22.6 Å². The standard InChI is InChI=1S/C26H20ClFN4O/c1-32-18-31-15-24(32)26(28,21-9-7-19(14-29)8-10-21)17-33-23-11-12-25(27,16-30)13-22(23)20-5-3-2-4-6-20/h2-12,15,18H,13,17H2,1H3. The number of imidazole rings is 1. The Labute approximate surface area is 196 Å². The van der Waals surface area contributed by atoms with Crippen LogP contribution in [0.15, 0.2) is 85.0 Å². The summed E-state index contributed by atoms with van der Waals surface area (Å²) in [5.74, 6) is 0.450.